The van der Waals surface area contributed by atoms with Gasteiger partial charge in [0, 0.05) is 17.4 Å². The topological polar surface area (TPSA) is 29.1 Å². The van der Waals surface area contributed by atoms with Crippen molar-refractivity contribution in [1.82, 2.24) is 5.32 Å². The van der Waals surface area contributed by atoms with Crippen molar-refractivity contribution in [2.24, 2.45) is 5.41 Å². The van der Waals surface area contributed by atoms with Crippen molar-refractivity contribution in [3.8, 4) is 0 Å². The number of carbonyl (C=O) groups excluding carboxylic acids is 1. The van der Waals surface area contributed by atoms with Gasteiger partial charge in [-0.1, -0.05) is 6.92 Å². The highest BCUT2D eigenvalue weighted by molar-refractivity contribution is 9.10. The van der Waals surface area contributed by atoms with Crippen molar-refractivity contribution in [3.05, 3.63) is 33.8 Å². The molecule has 2 nitrogen and oxygen atoms in total. The maximum Gasteiger partial charge on any atom is 0.143 e. The van der Waals surface area contributed by atoms with Gasteiger partial charge < -0.3 is 5.32 Å². The third-order valence-corrected chi connectivity index (χ3v) is 4.47. The smallest absolute Gasteiger partial charge is 0.143 e. The van der Waals surface area contributed by atoms with Crippen LogP contribution in [0.2, 0.25) is 0 Å². The van der Waals surface area contributed by atoms with Gasteiger partial charge in [0.05, 0.1) is 4.47 Å². The second-order valence-electron chi connectivity index (χ2n) is 5.23. The lowest BCUT2D eigenvalue weighted by Crippen LogP contribution is -2.40. The zero-order chi connectivity index (χ0) is 14.0. The van der Waals surface area contributed by atoms with E-state index in [0.717, 1.165) is 13.1 Å². The van der Waals surface area contributed by atoms with E-state index in [9.17, 15) is 13.6 Å². The normalized spacial score (nSPS) is 18.3. The van der Waals surface area contributed by atoms with Gasteiger partial charge in [-0.05, 0) is 54.0 Å². The number of hydrogen-bond donors (Lipinski definition) is 1. The third-order valence-electron chi connectivity index (χ3n) is 3.86. The average Bonchev–Trinajstić information content (AvgIpc) is 2.40. The Morgan fingerprint density at radius 3 is 2.63 bits per heavy atom. The van der Waals surface area contributed by atoms with E-state index < -0.39 is 17.0 Å². The van der Waals surface area contributed by atoms with E-state index in [0.29, 0.717) is 12.8 Å². The van der Waals surface area contributed by atoms with Crippen LogP contribution in [0.3, 0.4) is 0 Å². The summed E-state index contributed by atoms with van der Waals surface area (Å²) >= 11 is 3.02. The molecule has 5 heteroatoms. The summed E-state index contributed by atoms with van der Waals surface area (Å²) in [6.45, 7) is 3.42. The fourth-order valence-corrected chi connectivity index (χ4v) is 2.73. The lowest BCUT2D eigenvalue weighted by Gasteiger charge is -2.32. The van der Waals surface area contributed by atoms with Crippen LogP contribution in [0.1, 0.15) is 25.3 Å². The SMILES string of the molecule is CC1(C(=O)Cc2c(F)ccc(Br)c2F)CCNCC1. The molecule has 1 aliphatic heterocycles. The molecule has 0 bridgehead atoms. The largest absolute Gasteiger partial charge is 0.317 e. The van der Waals surface area contributed by atoms with E-state index in [4.69, 9.17) is 0 Å². The predicted molar refractivity (Wildman–Crippen MR) is 73.0 cm³/mol. The summed E-state index contributed by atoms with van der Waals surface area (Å²) in [4.78, 5) is 12.3. The molecule has 0 atom stereocenters. The van der Waals surface area contributed by atoms with Gasteiger partial charge >= 0.3 is 0 Å². The summed E-state index contributed by atoms with van der Waals surface area (Å²) < 4.78 is 27.7. The molecule has 1 aromatic rings. The Hall–Kier alpha value is -0.810. The van der Waals surface area contributed by atoms with Crippen LogP contribution in [0, 0.1) is 17.0 Å². The summed E-state index contributed by atoms with van der Waals surface area (Å²) in [6.07, 6.45) is 1.24. The van der Waals surface area contributed by atoms with Crippen LogP contribution in [0.25, 0.3) is 0 Å². The summed E-state index contributed by atoms with van der Waals surface area (Å²) in [5.41, 5.74) is -0.619. The second kappa shape index (κ2) is 5.67. The molecule has 104 valence electrons. The average molecular weight is 332 g/mol. The molecule has 0 aliphatic carbocycles. The van der Waals surface area contributed by atoms with Crippen molar-refractivity contribution in [3.63, 3.8) is 0 Å². The van der Waals surface area contributed by atoms with Crippen molar-refractivity contribution in [1.29, 1.82) is 0 Å². The van der Waals surface area contributed by atoms with Crippen LogP contribution in [0.4, 0.5) is 8.78 Å². The summed E-state index contributed by atoms with van der Waals surface area (Å²) in [7, 11) is 0. The van der Waals surface area contributed by atoms with Gasteiger partial charge in [0.25, 0.3) is 0 Å². The Balaban J connectivity index is 2.21. The summed E-state index contributed by atoms with van der Waals surface area (Å²) in [6, 6.07) is 2.49. The maximum atomic E-state index is 13.9. The second-order valence-corrected chi connectivity index (χ2v) is 6.09. The first-order valence-electron chi connectivity index (χ1n) is 6.30. The fourth-order valence-electron chi connectivity index (χ4n) is 2.36. The Labute approximate surface area is 119 Å². The lowest BCUT2D eigenvalue weighted by atomic mass is 9.75. The maximum absolute atomic E-state index is 13.9. The minimum atomic E-state index is -0.675. The van der Waals surface area contributed by atoms with E-state index in [-0.39, 0.29) is 22.2 Å². The molecule has 1 fully saturated rings. The number of carbonyl (C=O) groups is 1. The molecule has 2 rings (SSSR count). The number of rotatable bonds is 3. The molecule has 0 spiro atoms. The van der Waals surface area contributed by atoms with Gasteiger partial charge in [0.2, 0.25) is 0 Å². The van der Waals surface area contributed by atoms with E-state index >= 15 is 0 Å². The van der Waals surface area contributed by atoms with Crippen molar-refractivity contribution >= 4 is 21.7 Å². The first-order valence-corrected chi connectivity index (χ1v) is 7.10. The number of ketones is 1. The Kier molecular flexibility index (Phi) is 4.36. The Morgan fingerprint density at radius 2 is 2.00 bits per heavy atom. The fraction of sp³-hybridized carbons (Fsp3) is 0.500. The van der Waals surface area contributed by atoms with E-state index in [1.54, 1.807) is 0 Å². The van der Waals surface area contributed by atoms with E-state index in [2.05, 4.69) is 21.2 Å². The number of benzene rings is 1. The monoisotopic (exact) mass is 331 g/mol. The van der Waals surface area contributed by atoms with Gasteiger partial charge in [-0.25, -0.2) is 8.78 Å². The molecular weight excluding hydrogens is 316 g/mol. The van der Waals surface area contributed by atoms with Crippen LogP contribution >= 0.6 is 15.9 Å². The van der Waals surface area contributed by atoms with Crippen LogP contribution in [-0.2, 0) is 11.2 Å². The molecule has 0 radical (unpaired) electrons. The Morgan fingerprint density at radius 1 is 1.37 bits per heavy atom. The van der Waals surface area contributed by atoms with Crippen LogP contribution in [0.5, 0.6) is 0 Å². The standard InChI is InChI=1S/C14H16BrF2NO/c1-14(4-6-18-7-5-14)12(19)8-9-11(16)3-2-10(15)13(9)17/h2-3,18H,4-8H2,1H3. The van der Waals surface area contributed by atoms with E-state index in [1.165, 1.54) is 12.1 Å². The minimum Gasteiger partial charge on any atom is -0.317 e. The van der Waals surface area contributed by atoms with Crippen LogP contribution in [0.15, 0.2) is 16.6 Å². The molecule has 1 saturated heterocycles. The molecule has 1 aliphatic rings. The van der Waals surface area contributed by atoms with Gasteiger partial charge in [-0.3, -0.25) is 4.79 Å². The zero-order valence-electron chi connectivity index (χ0n) is 10.7. The molecule has 1 aromatic carbocycles. The highest BCUT2D eigenvalue weighted by atomic mass is 79.9. The quantitative estimate of drug-likeness (QED) is 0.861. The highest BCUT2D eigenvalue weighted by Crippen LogP contribution is 2.32. The number of Topliss-reactive ketones (excluding diaryl/α,β-unsaturated/α-hetero) is 1. The minimum absolute atomic E-state index is 0.0927. The molecule has 0 unspecified atom stereocenters. The molecule has 0 aromatic heterocycles. The molecule has 1 heterocycles. The van der Waals surface area contributed by atoms with Gasteiger partial charge in [0.15, 0.2) is 0 Å². The predicted octanol–water partition coefficient (Wildman–Crippen LogP) is 3.23. The number of piperidine rings is 1. The number of halogens is 3. The molecule has 1 N–H and O–H groups in total. The van der Waals surface area contributed by atoms with Gasteiger partial charge in [-0.15, -0.1) is 0 Å². The molecular formula is C14H16BrF2NO. The summed E-state index contributed by atoms with van der Waals surface area (Å²) in [5.74, 6) is -1.43. The molecule has 0 amide bonds. The summed E-state index contributed by atoms with van der Waals surface area (Å²) in [5, 5.41) is 3.18. The third kappa shape index (κ3) is 3.03. The molecule has 19 heavy (non-hydrogen) atoms. The zero-order valence-corrected chi connectivity index (χ0v) is 12.3. The Bertz CT molecular complexity index is 498. The van der Waals surface area contributed by atoms with Gasteiger partial charge in [0.1, 0.15) is 17.4 Å². The highest BCUT2D eigenvalue weighted by Gasteiger charge is 2.35. The van der Waals surface area contributed by atoms with Crippen molar-refractivity contribution < 1.29 is 13.6 Å². The van der Waals surface area contributed by atoms with E-state index in [1.807, 2.05) is 6.92 Å². The first kappa shape index (κ1) is 14.6. The van der Waals surface area contributed by atoms with Crippen LogP contribution < -0.4 is 5.32 Å². The van der Waals surface area contributed by atoms with Gasteiger partial charge in [-0.2, -0.15) is 0 Å². The van der Waals surface area contributed by atoms with Crippen molar-refractivity contribution in [2.45, 2.75) is 26.2 Å². The first-order chi connectivity index (χ1) is 8.94. The number of hydrogen-bond acceptors (Lipinski definition) is 2. The van der Waals surface area contributed by atoms with Crippen molar-refractivity contribution in [2.75, 3.05) is 13.1 Å². The lowest BCUT2D eigenvalue weighted by molar-refractivity contribution is -0.128. The number of nitrogens with one attached hydrogen (secondary N) is 1. The molecule has 0 saturated carbocycles. The van der Waals surface area contributed by atoms with Crippen LogP contribution in [-0.4, -0.2) is 18.9 Å².